The number of thiazole rings is 1. The fraction of sp³-hybridized carbons (Fsp3) is 0.250. The molecule has 3 rings (SSSR count). The van der Waals surface area contributed by atoms with Crippen molar-refractivity contribution in [2.75, 3.05) is 14.2 Å². The van der Waals surface area contributed by atoms with Gasteiger partial charge in [-0.25, -0.2) is 4.98 Å². The third-order valence-corrected chi connectivity index (χ3v) is 5.44. The van der Waals surface area contributed by atoms with Crippen molar-refractivity contribution >= 4 is 22.9 Å². The summed E-state index contributed by atoms with van der Waals surface area (Å²) in [5.74, 6) is 1.43. The van der Waals surface area contributed by atoms with E-state index in [4.69, 9.17) is 26.1 Å². The zero-order valence-corrected chi connectivity index (χ0v) is 16.6. The van der Waals surface area contributed by atoms with Crippen LogP contribution in [0, 0.1) is 0 Å². The Morgan fingerprint density at radius 1 is 1.12 bits per heavy atom. The molecule has 1 atom stereocenters. The SMILES string of the molecule is COc1cccc(-c2nc(C[NH2+][C@H](C)c3ccc(Cl)cc3)cs2)c1OC. The summed E-state index contributed by atoms with van der Waals surface area (Å²) >= 11 is 7.58. The van der Waals surface area contributed by atoms with E-state index in [0.717, 1.165) is 33.6 Å². The normalized spacial score (nSPS) is 12.0. The van der Waals surface area contributed by atoms with E-state index >= 15 is 0 Å². The van der Waals surface area contributed by atoms with E-state index in [-0.39, 0.29) is 0 Å². The molecular weight excluding hydrogens is 368 g/mol. The van der Waals surface area contributed by atoms with Gasteiger partial charge in [0.1, 0.15) is 23.3 Å². The van der Waals surface area contributed by atoms with Gasteiger partial charge in [-0.05, 0) is 31.2 Å². The first-order valence-electron chi connectivity index (χ1n) is 8.37. The van der Waals surface area contributed by atoms with Crippen LogP contribution >= 0.6 is 22.9 Å². The van der Waals surface area contributed by atoms with Crippen LogP contribution in [0.2, 0.25) is 5.02 Å². The fourth-order valence-electron chi connectivity index (χ4n) is 2.78. The van der Waals surface area contributed by atoms with E-state index in [2.05, 4.69) is 29.8 Å². The van der Waals surface area contributed by atoms with Gasteiger partial charge in [-0.3, -0.25) is 0 Å². The van der Waals surface area contributed by atoms with Crippen molar-refractivity contribution in [2.45, 2.75) is 19.5 Å². The number of para-hydroxylation sites is 1. The van der Waals surface area contributed by atoms with Crippen molar-refractivity contribution in [3.63, 3.8) is 0 Å². The highest BCUT2D eigenvalue weighted by molar-refractivity contribution is 7.13. The fourth-order valence-corrected chi connectivity index (χ4v) is 3.76. The summed E-state index contributed by atoms with van der Waals surface area (Å²) in [6.07, 6.45) is 0. The summed E-state index contributed by atoms with van der Waals surface area (Å²) in [5.41, 5.74) is 3.25. The zero-order valence-electron chi connectivity index (χ0n) is 15.0. The molecule has 26 heavy (non-hydrogen) atoms. The summed E-state index contributed by atoms with van der Waals surface area (Å²) in [6.45, 7) is 2.99. The van der Waals surface area contributed by atoms with Crippen LogP contribution in [0.15, 0.2) is 47.8 Å². The maximum atomic E-state index is 5.96. The van der Waals surface area contributed by atoms with E-state index in [9.17, 15) is 0 Å². The van der Waals surface area contributed by atoms with Gasteiger partial charge in [-0.15, -0.1) is 11.3 Å². The van der Waals surface area contributed by atoms with Gasteiger partial charge < -0.3 is 14.8 Å². The standard InChI is InChI=1S/C20H21ClN2O2S/c1-13(14-7-9-15(21)10-8-14)22-11-16-12-26-20(23-16)17-5-4-6-18(24-2)19(17)25-3/h4-10,12-13,22H,11H2,1-3H3/p+1/t13-/m1/s1. The van der Waals surface area contributed by atoms with Crippen LogP contribution in [0.1, 0.15) is 24.2 Å². The van der Waals surface area contributed by atoms with Gasteiger partial charge >= 0.3 is 0 Å². The van der Waals surface area contributed by atoms with Crippen LogP contribution in [0.25, 0.3) is 10.6 Å². The molecule has 0 radical (unpaired) electrons. The van der Waals surface area contributed by atoms with E-state index in [1.807, 2.05) is 30.3 Å². The van der Waals surface area contributed by atoms with Crippen LogP contribution in [-0.4, -0.2) is 19.2 Å². The number of rotatable bonds is 7. The molecule has 0 fully saturated rings. The number of nitrogens with zero attached hydrogens (tertiary/aromatic N) is 1. The number of ether oxygens (including phenoxy) is 2. The summed E-state index contributed by atoms with van der Waals surface area (Å²) < 4.78 is 10.9. The van der Waals surface area contributed by atoms with Gasteiger partial charge in [0, 0.05) is 16.0 Å². The maximum Gasteiger partial charge on any atom is 0.170 e. The smallest absolute Gasteiger partial charge is 0.170 e. The summed E-state index contributed by atoms with van der Waals surface area (Å²) in [5, 5.41) is 6.06. The first-order chi connectivity index (χ1) is 12.6. The van der Waals surface area contributed by atoms with Crippen molar-refractivity contribution in [3.8, 4) is 22.1 Å². The molecule has 2 N–H and O–H groups in total. The predicted molar refractivity (Wildman–Crippen MR) is 106 cm³/mol. The molecule has 0 saturated heterocycles. The van der Waals surface area contributed by atoms with Crippen molar-refractivity contribution in [1.82, 2.24) is 4.98 Å². The second-order valence-electron chi connectivity index (χ2n) is 5.97. The number of quaternary nitrogens is 1. The highest BCUT2D eigenvalue weighted by atomic mass is 35.5. The van der Waals surface area contributed by atoms with Crippen LogP contribution in [0.3, 0.4) is 0 Å². The number of aromatic nitrogens is 1. The Balaban J connectivity index is 1.71. The quantitative estimate of drug-likeness (QED) is 0.655. The highest BCUT2D eigenvalue weighted by Gasteiger charge is 2.16. The molecule has 3 aromatic rings. The topological polar surface area (TPSA) is 48.0 Å². The van der Waals surface area contributed by atoms with Crippen molar-refractivity contribution in [3.05, 3.63) is 64.1 Å². The third-order valence-electron chi connectivity index (χ3n) is 4.26. The molecule has 0 aliphatic rings. The Morgan fingerprint density at radius 2 is 1.88 bits per heavy atom. The minimum absolute atomic E-state index is 0.337. The average molecular weight is 390 g/mol. The first-order valence-corrected chi connectivity index (χ1v) is 9.62. The van der Waals surface area contributed by atoms with Crippen LogP contribution in [0.5, 0.6) is 11.5 Å². The van der Waals surface area contributed by atoms with Gasteiger partial charge in [-0.2, -0.15) is 0 Å². The molecule has 136 valence electrons. The van der Waals surface area contributed by atoms with Gasteiger partial charge in [-0.1, -0.05) is 29.8 Å². The molecule has 1 heterocycles. The second kappa shape index (κ2) is 8.54. The Kier molecular flexibility index (Phi) is 6.14. The second-order valence-corrected chi connectivity index (χ2v) is 7.26. The van der Waals surface area contributed by atoms with E-state index < -0.39 is 0 Å². The molecule has 0 amide bonds. The zero-order chi connectivity index (χ0) is 18.5. The van der Waals surface area contributed by atoms with Gasteiger partial charge in [0.05, 0.1) is 19.8 Å². The Bertz CT molecular complexity index is 865. The van der Waals surface area contributed by atoms with Crippen LogP contribution < -0.4 is 14.8 Å². The minimum Gasteiger partial charge on any atom is -0.493 e. The number of hydrogen-bond acceptors (Lipinski definition) is 4. The van der Waals surface area contributed by atoms with E-state index in [0.29, 0.717) is 11.8 Å². The van der Waals surface area contributed by atoms with E-state index in [1.54, 1.807) is 25.6 Å². The lowest BCUT2D eigenvalue weighted by molar-refractivity contribution is -0.708. The monoisotopic (exact) mass is 389 g/mol. The predicted octanol–water partition coefficient (Wildman–Crippen LogP) is 4.31. The van der Waals surface area contributed by atoms with Gasteiger partial charge in [0.15, 0.2) is 11.5 Å². The summed E-state index contributed by atoms with van der Waals surface area (Å²) in [7, 11) is 3.29. The maximum absolute atomic E-state index is 5.96. The number of hydrogen-bond donors (Lipinski definition) is 1. The summed E-state index contributed by atoms with van der Waals surface area (Å²) in [4.78, 5) is 4.77. The van der Waals surface area contributed by atoms with E-state index in [1.165, 1.54) is 5.56 Å². The lowest BCUT2D eigenvalue weighted by atomic mass is 10.1. The molecule has 0 aliphatic heterocycles. The largest absolute Gasteiger partial charge is 0.493 e. The molecular formula is C20H22ClN2O2S+. The number of benzene rings is 2. The number of nitrogens with two attached hydrogens (primary N) is 1. The molecule has 0 saturated carbocycles. The molecule has 2 aromatic carbocycles. The highest BCUT2D eigenvalue weighted by Crippen LogP contribution is 2.38. The Labute approximate surface area is 162 Å². The first kappa shape index (κ1) is 18.7. The van der Waals surface area contributed by atoms with Crippen LogP contribution in [-0.2, 0) is 6.54 Å². The third kappa shape index (κ3) is 4.18. The Morgan fingerprint density at radius 3 is 2.58 bits per heavy atom. The lowest BCUT2D eigenvalue weighted by Crippen LogP contribution is -2.83. The molecule has 4 nitrogen and oxygen atoms in total. The van der Waals surface area contributed by atoms with Gasteiger partial charge in [0.2, 0.25) is 0 Å². The van der Waals surface area contributed by atoms with Gasteiger partial charge in [0.25, 0.3) is 0 Å². The molecule has 0 bridgehead atoms. The minimum atomic E-state index is 0.337. The molecule has 0 unspecified atom stereocenters. The number of halogens is 1. The molecule has 6 heteroatoms. The number of methoxy groups -OCH3 is 2. The molecule has 1 aromatic heterocycles. The molecule has 0 aliphatic carbocycles. The van der Waals surface area contributed by atoms with Crippen molar-refractivity contribution in [2.24, 2.45) is 0 Å². The molecule has 0 spiro atoms. The van der Waals surface area contributed by atoms with Crippen molar-refractivity contribution < 1.29 is 14.8 Å². The summed E-state index contributed by atoms with van der Waals surface area (Å²) in [6, 6.07) is 14.2. The van der Waals surface area contributed by atoms with Crippen molar-refractivity contribution in [1.29, 1.82) is 0 Å². The lowest BCUT2D eigenvalue weighted by Gasteiger charge is -2.11. The average Bonchev–Trinajstić information content (AvgIpc) is 3.14. The Hall–Kier alpha value is -2.08. The van der Waals surface area contributed by atoms with Crippen LogP contribution in [0.4, 0.5) is 0 Å².